The van der Waals surface area contributed by atoms with Crippen LogP contribution in [0.25, 0.3) is 5.69 Å². The molecule has 0 N–H and O–H groups in total. The molecule has 1 heterocycles. The molecule has 18 heavy (non-hydrogen) atoms. The van der Waals surface area contributed by atoms with E-state index in [2.05, 4.69) is 21.0 Å². The van der Waals surface area contributed by atoms with Crippen LogP contribution in [0.2, 0.25) is 0 Å². The zero-order valence-electron chi connectivity index (χ0n) is 9.15. The SMILES string of the molecule is N#CCc1cnn(-c2cc(Br)cc(C(F)F)c2)c1. The van der Waals surface area contributed by atoms with E-state index >= 15 is 0 Å². The normalized spacial score (nSPS) is 10.6. The van der Waals surface area contributed by atoms with Gasteiger partial charge in [0, 0.05) is 21.8 Å². The lowest BCUT2D eigenvalue weighted by molar-refractivity contribution is 0.151. The smallest absolute Gasteiger partial charge is 0.241 e. The summed E-state index contributed by atoms with van der Waals surface area (Å²) in [7, 11) is 0. The average Bonchev–Trinajstić information content (AvgIpc) is 2.77. The van der Waals surface area contributed by atoms with Crippen LogP contribution in [0.4, 0.5) is 8.78 Å². The van der Waals surface area contributed by atoms with Crippen LogP contribution in [0.1, 0.15) is 17.6 Å². The number of alkyl halides is 2. The van der Waals surface area contributed by atoms with E-state index in [1.807, 2.05) is 6.07 Å². The van der Waals surface area contributed by atoms with Crippen LogP contribution in [0.3, 0.4) is 0 Å². The average molecular weight is 312 g/mol. The second-order valence-corrected chi connectivity index (χ2v) is 4.59. The number of aromatic nitrogens is 2. The molecule has 0 unspecified atom stereocenters. The van der Waals surface area contributed by atoms with E-state index in [-0.39, 0.29) is 12.0 Å². The molecule has 2 aromatic rings. The number of nitrogens with zero attached hydrogens (tertiary/aromatic N) is 3. The highest BCUT2D eigenvalue weighted by atomic mass is 79.9. The lowest BCUT2D eigenvalue weighted by Crippen LogP contribution is -1.96. The zero-order chi connectivity index (χ0) is 13.1. The van der Waals surface area contributed by atoms with Crippen molar-refractivity contribution in [3.8, 4) is 11.8 Å². The molecule has 0 aliphatic rings. The van der Waals surface area contributed by atoms with E-state index < -0.39 is 6.43 Å². The van der Waals surface area contributed by atoms with Gasteiger partial charge in [0.05, 0.1) is 24.4 Å². The van der Waals surface area contributed by atoms with E-state index in [4.69, 9.17) is 5.26 Å². The predicted octanol–water partition coefficient (Wildman–Crippen LogP) is 3.64. The van der Waals surface area contributed by atoms with Gasteiger partial charge in [0.15, 0.2) is 0 Å². The molecule has 2 rings (SSSR count). The minimum atomic E-state index is -2.53. The summed E-state index contributed by atoms with van der Waals surface area (Å²) in [5.74, 6) is 0. The third kappa shape index (κ3) is 2.74. The van der Waals surface area contributed by atoms with Gasteiger partial charge in [-0.2, -0.15) is 10.4 Å². The van der Waals surface area contributed by atoms with Gasteiger partial charge in [0.1, 0.15) is 0 Å². The van der Waals surface area contributed by atoms with E-state index in [1.54, 1.807) is 18.5 Å². The van der Waals surface area contributed by atoms with E-state index in [0.717, 1.165) is 5.56 Å². The standard InChI is InChI=1S/C12H8BrF2N3/c13-10-3-9(12(14)15)4-11(5-10)18-7-8(1-2-16)6-17-18/h3-7,12H,1H2. The molecule has 0 radical (unpaired) electrons. The van der Waals surface area contributed by atoms with Crippen LogP contribution < -0.4 is 0 Å². The minimum absolute atomic E-state index is 0.0725. The van der Waals surface area contributed by atoms with Gasteiger partial charge in [-0.1, -0.05) is 15.9 Å². The topological polar surface area (TPSA) is 41.6 Å². The highest BCUT2D eigenvalue weighted by molar-refractivity contribution is 9.10. The summed E-state index contributed by atoms with van der Waals surface area (Å²) in [5.41, 5.74) is 1.21. The van der Waals surface area contributed by atoms with Crippen molar-refractivity contribution < 1.29 is 8.78 Å². The maximum Gasteiger partial charge on any atom is 0.263 e. The fourth-order valence-corrected chi connectivity index (χ4v) is 2.04. The van der Waals surface area contributed by atoms with Crippen molar-refractivity contribution in [3.63, 3.8) is 0 Å². The van der Waals surface area contributed by atoms with E-state index in [0.29, 0.717) is 10.2 Å². The van der Waals surface area contributed by atoms with Crippen molar-refractivity contribution in [2.24, 2.45) is 0 Å². The van der Waals surface area contributed by atoms with Gasteiger partial charge in [-0.3, -0.25) is 0 Å². The number of hydrogen-bond donors (Lipinski definition) is 0. The third-order valence-corrected chi connectivity index (χ3v) is 2.80. The summed E-state index contributed by atoms with van der Waals surface area (Å²) in [6.07, 6.45) is 0.915. The molecule has 0 saturated heterocycles. The molecule has 1 aromatic heterocycles. The van der Waals surface area contributed by atoms with Crippen molar-refractivity contribution >= 4 is 15.9 Å². The van der Waals surface area contributed by atoms with Crippen LogP contribution in [-0.2, 0) is 6.42 Å². The molecule has 0 spiro atoms. The van der Waals surface area contributed by atoms with Gasteiger partial charge in [-0.25, -0.2) is 13.5 Å². The molecule has 3 nitrogen and oxygen atoms in total. The highest BCUT2D eigenvalue weighted by Crippen LogP contribution is 2.26. The third-order valence-electron chi connectivity index (χ3n) is 2.34. The van der Waals surface area contributed by atoms with Crippen LogP contribution in [0.5, 0.6) is 0 Å². The summed E-state index contributed by atoms with van der Waals surface area (Å²) in [5, 5.41) is 12.6. The van der Waals surface area contributed by atoms with Crippen molar-refractivity contribution in [3.05, 3.63) is 46.2 Å². The molecule has 0 aliphatic heterocycles. The molecule has 0 saturated carbocycles. The van der Waals surface area contributed by atoms with Crippen molar-refractivity contribution in [2.45, 2.75) is 12.8 Å². The molecule has 6 heteroatoms. The Kier molecular flexibility index (Phi) is 3.72. The molecular formula is C12H8BrF2N3. The molecule has 92 valence electrons. The van der Waals surface area contributed by atoms with Crippen molar-refractivity contribution in [2.75, 3.05) is 0 Å². The summed E-state index contributed by atoms with van der Waals surface area (Å²) in [6, 6.07) is 6.44. The van der Waals surface area contributed by atoms with Gasteiger partial charge < -0.3 is 0 Å². The maximum atomic E-state index is 12.7. The van der Waals surface area contributed by atoms with Gasteiger partial charge in [-0.15, -0.1) is 0 Å². The van der Waals surface area contributed by atoms with Crippen molar-refractivity contribution in [1.82, 2.24) is 9.78 Å². The number of nitriles is 1. The van der Waals surface area contributed by atoms with E-state index in [1.165, 1.54) is 16.8 Å². The maximum absolute atomic E-state index is 12.7. The van der Waals surface area contributed by atoms with Crippen LogP contribution in [-0.4, -0.2) is 9.78 Å². The predicted molar refractivity (Wildman–Crippen MR) is 65.5 cm³/mol. The molecule has 0 fully saturated rings. The summed E-state index contributed by atoms with van der Waals surface area (Å²) in [4.78, 5) is 0. The molecule has 0 atom stereocenters. The van der Waals surface area contributed by atoms with Crippen molar-refractivity contribution in [1.29, 1.82) is 5.26 Å². The quantitative estimate of drug-likeness (QED) is 0.868. The summed E-state index contributed by atoms with van der Waals surface area (Å²) in [6.45, 7) is 0. The summed E-state index contributed by atoms with van der Waals surface area (Å²) >= 11 is 3.19. The number of hydrogen-bond acceptors (Lipinski definition) is 2. The Hall–Kier alpha value is -1.74. The largest absolute Gasteiger partial charge is 0.263 e. The fourth-order valence-electron chi connectivity index (χ4n) is 1.54. The Balaban J connectivity index is 2.40. The van der Waals surface area contributed by atoms with Gasteiger partial charge in [0.2, 0.25) is 0 Å². The highest BCUT2D eigenvalue weighted by Gasteiger charge is 2.10. The van der Waals surface area contributed by atoms with Gasteiger partial charge >= 0.3 is 0 Å². The Morgan fingerprint density at radius 2 is 2.17 bits per heavy atom. The lowest BCUT2D eigenvalue weighted by atomic mass is 10.2. The number of benzene rings is 1. The van der Waals surface area contributed by atoms with Gasteiger partial charge in [0.25, 0.3) is 6.43 Å². The zero-order valence-corrected chi connectivity index (χ0v) is 10.7. The molecule has 0 aliphatic carbocycles. The van der Waals surface area contributed by atoms with E-state index in [9.17, 15) is 8.78 Å². The molecule has 0 amide bonds. The minimum Gasteiger partial charge on any atom is -0.241 e. The first kappa shape index (κ1) is 12.7. The first-order chi connectivity index (χ1) is 8.60. The molecule has 0 bridgehead atoms. The number of halogens is 3. The van der Waals surface area contributed by atoms with Crippen LogP contribution in [0, 0.1) is 11.3 Å². The lowest BCUT2D eigenvalue weighted by Gasteiger charge is -2.06. The van der Waals surface area contributed by atoms with Crippen LogP contribution >= 0.6 is 15.9 Å². The summed E-state index contributed by atoms with van der Waals surface area (Å²) < 4.78 is 27.4. The monoisotopic (exact) mass is 311 g/mol. The fraction of sp³-hybridized carbons (Fsp3) is 0.167. The Morgan fingerprint density at radius 1 is 1.39 bits per heavy atom. The molecule has 1 aromatic carbocycles. The second kappa shape index (κ2) is 5.27. The Bertz CT molecular complexity index is 602. The Morgan fingerprint density at radius 3 is 2.83 bits per heavy atom. The first-order valence-electron chi connectivity index (χ1n) is 5.09. The molecular weight excluding hydrogens is 304 g/mol. The van der Waals surface area contributed by atoms with Gasteiger partial charge in [-0.05, 0) is 18.2 Å². The Labute approximate surface area is 111 Å². The number of rotatable bonds is 3. The second-order valence-electron chi connectivity index (χ2n) is 3.67. The van der Waals surface area contributed by atoms with Crippen LogP contribution in [0.15, 0.2) is 35.1 Å². The first-order valence-corrected chi connectivity index (χ1v) is 5.89.